The minimum Gasteiger partial charge on any atom is -0.476 e. The van der Waals surface area contributed by atoms with Crippen molar-refractivity contribution < 1.29 is 14.7 Å². The Hall–Kier alpha value is -2.41. The van der Waals surface area contributed by atoms with Gasteiger partial charge in [0.25, 0.3) is 0 Å². The van der Waals surface area contributed by atoms with Crippen LogP contribution in [0.4, 0.5) is 16.2 Å². The number of carbonyl (C=O) groups is 2. The number of hydrogen-bond acceptors (Lipinski definition) is 3. The number of anilines is 2. The van der Waals surface area contributed by atoms with Gasteiger partial charge in [0.05, 0.1) is 5.69 Å². The smallest absolute Gasteiger partial charge is 0.356 e. The highest BCUT2D eigenvalue weighted by molar-refractivity contribution is 9.10. The van der Waals surface area contributed by atoms with Crippen LogP contribution in [0.5, 0.6) is 0 Å². The summed E-state index contributed by atoms with van der Waals surface area (Å²) in [5.74, 6) is -1.20. The highest BCUT2D eigenvalue weighted by Gasteiger charge is 2.13. The molecule has 0 bridgehead atoms. The molecule has 0 saturated heterocycles. The Morgan fingerprint density at radius 1 is 1.10 bits per heavy atom. The molecule has 0 aliphatic carbocycles. The highest BCUT2D eigenvalue weighted by Crippen LogP contribution is 2.16. The lowest BCUT2D eigenvalue weighted by Gasteiger charge is -2.09. The van der Waals surface area contributed by atoms with E-state index in [9.17, 15) is 9.59 Å². The molecule has 2 rings (SSSR count). The molecule has 0 radical (unpaired) electrons. The van der Waals surface area contributed by atoms with Gasteiger partial charge in [-0.05, 0) is 36.4 Å². The predicted octanol–water partition coefficient (Wildman–Crippen LogP) is 3.19. The zero-order valence-corrected chi connectivity index (χ0v) is 11.7. The van der Waals surface area contributed by atoms with Crippen LogP contribution in [0, 0.1) is 0 Å². The first kappa shape index (κ1) is 14.0. The predicted molar refractivity (Wildman–Crippen MR) is 78.0 cm³/mol. The van der Waals surface area contributed by atoms with Crippen molar-refractivity contribution in [3.05, 3.63) is 52.8 Å². The number of halogens is 1. The number of benzene rings is 1. The summed E-state index contributed by atoms with van der Waals surface area (Å²) in [6, 6.07) is 9.46. The molecule has 6 nitrogen and oxygen atoms in total. The van der Waals surface area contributed by atoms with E-state index in [2.05, 4.69) is 31.5 Å². The molecular formula is C13H10BrN3O3. The summed E-state index contributed by atoms with van der Waals surface area (Å²) in [5, 5.41) is 14.0. The van der Waals surface area contributed by atoms with Gasteiger partial charge in [0, 0.05) is 16.4 Å². The van der Waals surface area contributed by atoms with Crippen LogP contribution in [-0.4, -0.2) is 22.1 Å². The fourth-order valence-electron chi connectivity index (χ4n) is 1.49. The van der Waals surface area contributed by atoms with Crippen molar-refractivity contribution in [2.75, 3.05) is 10.6 Å². The number of aromatic nitrogens is 1. The quantitative estimate of drug-likeness (QED) is 0.803. The van der Waals surface area contributed by atoms with E-state index in [1.807, 2.05) is 0 Å². The molecule has 0 unspecified atom stereocenters. The second-order valence-corrected chi connectivity index (χ2v) is 4.71. The molecule has 1 aromatic heterocycles. The average molecular weight is 336 g/mol. The Kier molecular flexibility index (Phi) is 4.31. The number of pyridine rings is 1. The number of carboxylic acids is 1. The number of urea groups is 1. The highest BCUT2D eigenvalue weighted by atomic mass is 79.9. The van der Waals surface area contributed by atoms with Crippen molar-refractivity contribution in [2.24, 2.45) is 0 Å². The van der Waals surface area contributed by atoms with E-state index in [1.165, 1.54) is 12.3 Å². The third kappa shape index (κ3) is 3.55. The van der Waals surface area contributed by atoms with E-state index in [-0.39, 0.29) is 11.4 Å². The van der Waals surface area contributed by atoms with E-state index < -0.39 is 12.0 Å². The maximum absolute atomic E-state index is 11.8. The van der Waals surface area contributed by atoms with Gasteiger partial charge in [0.2, 0.25) is 0 Å². The van der Waals surface area contributed by atoms with E-state index in [0.717, 1.165) is 4.47 Å². The van der Waals surface area contributed by atoms with Gasteiger partial charge in [0.1, 0.15) is 0 Å². The number of aromatic carboxylic acids is 1. The van der Waals surface area contributed by atoms with Crippen molar-refractivity contribution >= 4 is 39.3 Å². The van der Waals surface area contributed by atoms with Gasteiger partial charge in [-0.3, -0.25) is 0 Å². The third-order valence-electron chi connectivity index (χ3n) is 2.36. The number of carbonyl (C=O) groups excluding carboxylic acids is 1. The average Bonchev–Trinajstić information content (AvgIpc) is 2.41. The molecule has 0 spiro atoms. The van der Waals surface area contributed by atoms with Gasteiger partial charge >= 0.3 is 12.0 Å². The molecule has 0 saturated carbocycles. The number of carboxylic acid groups (broad SMARTS) is 1. The summed E-state index contributed by atoms with van der Waals surface area (Å²) in [6.07, 6.45) is 1.35. The molecule has 0 atom stereocenters. The molecule has 102 valence electrons. The van der Waals surface area contributed by atoms with Gasteiger partial charge in [-0.25, -0.2) is 14.6 Å². The lowest BCUT2D eigenvalue weighted by molar-refractivity contribution is 0.0692. The maximum Gasteiger partial charge on any atom is 0.356 e. The third-order valence-corrected chi connectivity index (χ3v) is 2.89. The van der Waals surface area contributed by atoms with Crippen LogP contribution in [0.3, 0.4) is 0 Å². The first-order valence-electron chi connectivity index (χ1n) is 5.58. The molecule has 7 heteroatoms. The first-order chi connectivity index (χ1) is 9.56. The molecule has 1 heterocycles. The first-order valence-corrected chi connectivity index (χ1v) is 6.37. The summed E-state index contributed by atoms with van der Waals surface area (Å²) >= 11 is 3.29. The molecule has 1 aromatic carbocycles. The van der Waals surface area contributed by atoms with Crippen molar-refractivity contribution in [2.45, 2.75) is 0 Å². The van der Waals surface area contributed by atoms with Crippen LogP contribution in [0.1, 0.15) is 10.5 Å². The minimum atomic E-state index is -1.20. The lowest BCUT2D eigenvalue weighted by Crippen LogP contribution is -2.21. The summed E-state index contributed by atoms with van der Waals surface area (Å²) in [5.41, 5.74) is 0.513. The lowest BCUT2D eigenvalue weighted by atomic mass is 10.3. The Morgan fingerprint density at radius 3 is 2.45 bits per heavy atom. The topological polar surface area (TPSA) is 91.3 Å². The largest absolute Gasteiger partial charge is 0.476 e. The summed E-state index contributed by atoms with van der Waals surface area (Å²) in [4.78, 5) is 26.4. The number of nitrogens with one attached hydrogen (secondary N) is 2. The number of hydrogen-bond donors (Lipinski definition) is 3. The maximum atomic E-state index is 11.8. The summed E-state index contributed by atoms with van der Waals surface area (Å²) in [6.45, 7) is 0. The Labute approximate surface area is 123 Å². The molecular weight excluding hydrogens is 326 g/mol. The van der Waals surface area contributed by atoms with Crippen LogP contribution < -0.4 is 10.6 Å². The number of amides is 2. The minimum absolute atomic E-state index is 0.134. The zero-order valence-electron chi connectivity index (χ0n) is 10.1. The number of rotatable bonds is 3. The molecule has 2 amide bonds. The van der Waals surface area contributed by atoms with Gasteiger partial charge in [-0.1, -0.05) is 15.9 Å². The molecule has 3 N–H and O–H groups in total. The van der Waals surface area contributed by atoms with Gasteiger partial charge in [-0.2, -0.15) is 0 Å². The van der Waals surface area contributed by atoms with Gasteiger partial charge < -0.3 is 15.7 Å². The fourth-order valence-corrected chi connectivity index (χ4v) is 1.76. The Bertz CT molecular complexity index is 644. The van der Waals surface area contributed by atoms with E-state index >= 15 is 0 Å². The molecule has 2 aromatic rings. The van der Waals surface area contributed by atoms with Crippen LogP contribution in [-0.2, 0) is 0 Å². The molecule has 0 aliphatic rings. The number of nitrogens with zero attached hydrogens (tertiary/aromatic N) is 1. The molecule has 0 fully saturated rings. The van der Waals surface area contributed by atoms with E-state index in [0.29, 0.717) is 5.69 Å². The van der Waals surface area contributed by atoms with Crippen LogP contribution >= 0.6 is 15.9 Å². The zero-order chi connectivity index (χ0) is 14.5. The Morgan fingerprint density at radius 2 is 1.80 bits per heavy atom. The SMILES string of the molecule is O=C(Nc1ccc(Br)cc1)Nc1cccnc1C(=O)O. The van der Waals surface area contributed by atoms with Crippen LogP contribution in [0.2, 0.25) is 0 Å². The van der Waals surface area contributed by atoms with Crippen molar-refractivity contribution in [3.8, 4) is 0 Å². The standard InChI is InChI=1S/C13H10BrN3O3/c14-8-3-5-9(6-4-8)16-13(20)17-10-2-1-7-15-11(10)12(18)19/h1-7H,(H,18,19)(H2,16,17,20). The van der Waals surface area contributed by atoms with Crippen molar-refractivity contribution in [3.63, 3.8) is 0 Å². The molecule has 0 aliphatic heterocycles. The molecule has 20 heavy (non-hydrogen) atoms. The summed E-state index contributed by atoms with van der Waals surface area (Å²) < 4.78 is 0.892. The Balaban J connectivity index is 2.08. The van der Waals surface area contributed by atoms with Crippen LogP contribution in [0.15, 0.2) is 47.1 Å². The van der Waals surface area contributed by atoms with Crippen molar-refractivity contribution in [1.82, 2.24) is 4.98 Å². The summed E-state index contributed by atoms with van der Waals surface area (Å²) in [7, 11) is 0. The normalized spacial score (nSPS) is 9.85. The van der Waals surface area contributed by atoms with Gasteiger partial charge in [-0.15, -0.1) is 0 Å². The van der Waals surface area contributed by atoms with E-state index in [4.69, 9.17) is 5.11 Å². The second-order valence-electron chi connectivity index (χ2n) is 3.79. The monoisotopic (exact) mass is 335 g/mol. The fraction of sp³-hybridized carbons (Fsp3) is 0. The van der Waals surface area contributed by atoms with Crippen molar-refractivity contribution in [1.29, 1.82) is 0 Å². The van der Waals surface area contributed by atoms with Crippen LogP contribution in [0.25, 0.3) is 0 Å². The van der Waals surface area contributed by atoms with Gasteiger partial charge in [0.15, 0.2) is 5.69 Å². The van der Waals surface area contributed by atoms with E-state index in [1.54, 1.807) is 30.3 Å². The second kappa shape index (κ2) is 6.16.